The second-order valence-corrected chi connectivity index (χ2v) is 5.17. The SMILES string of the molecule is CC1c2ccsc2CCN1C(=O)n1ccnc1. The number of nitrogens with zero attached hydrogens (tertiary/aromatic N) is 3. The van der Waals surface area contributed by atoms with E-state index in [1.165, 1.54) is 15.0 Å². The summed E-state index contributed by atoms with van der Waals surface area (Å²) < 4.78 is 1.54. The van der Waals surface area contributed by atoms with Crippen LogP contribution in [0.2, 0.25) is 0 Å². The number of imidazole rings is 1. The largest absolute Gasteiger partial charge is 0.329 e. The van der Waals surface area contributed by atoms with Crippen LogP contribution in [0.4, 0.5) is 4.79 Å². The Labute approximate surface area is 104 Å². The molecule has 0 aliphatic carbocycles. The van der Waals surface area contributed by atoms with Crippen LogP contribution < -0.4 is 0 Å². The van der Waals surface area contributed by atoms with Gasteiger partial charge in [-0.25, -0.2) is 9.78 Å². The van der Waals surface area contributed by atoms with Gasteiger partial charge in [-0.15, -0.1) is 11.3 Å². The molecule has 1 atom stereocenters. The molecule has 88 valence electrons. The minimum Gasteiger partial charge on any atom is -0.317 e. The van der Waals surface area contributed by atoms with Crippen LogP contribution in [0.15, 0.2) is 30.2 Å². The Morgan fingerprint density at radius 2 is 2.47 bits per heavy atom. The maximum Gasteiger partial charge on any atom is 0.329 e. The first-order valence-electron chi connectivity index (χ1n) is 5.62. The van der Waals surface area contributed by atoms with Gasteiger partial charge in [0.1, 0.15) is 6.33 Å². The van der Waals surface area contributed by atoms with E-state index in [-0.39, 0.29) is 12.1 Å². The van der Waals surface area contributed by atoms with Gasteiger partial charge in [0.15, 0.2) is 0 Å². The molecule has 1 aliphatic rings. The summed E-state index contributed by atoms with van der Waals surface area (Å²) >= 11 is 1.78. The summed E-state index contributed by atoms with van der Waals surface area (Å²) in [5.74, 6) is 0. The minimum absolute atomic E-state index is 0.00634. The molecule has 0 N–H and O–H groups in total. The molecule has 1 unspecified atom stereocenters. The number of hydrogen-bond acceptors (Lipinski definition) is 3. The fourth-order valence-electron chi connectivity index (χ4n) is 2.29. The summed E-state index contributed by atoms with van der Waals surface area (Å²) in [7, 11) is 0. The van der Waals surface area contributed by atoms with Crippen molar-refractivity contribution in [1.82, 2.24) is 14.5 Å². The van der Waals surface area contributed by atoms with Crippen molar-refractivity contribution in [3.05, 3.63) is 40.6 Å². The molecule has 3 heterocycles. The molecule has 2 aromatic heterocycles. The predicted octanol–water partition coefficient (Wildman–Crippen LogP) is 2.53. The molecule has 5 heteroatoms. The van der Waals surface area contributed by atoms with Crippen molar-refractivity contribution in [1.29, 1.82) is 0 Å². The van der Waals surface area contributed by atoms with E-state index in [0.717, 1.165) is 13.0 Å². The van der Waals surface area contributed by atoms with Crippen molar-refractivity contribution >= 4 is 17.4 Å². The first-order valence-corrected chi connectivity index (χ1v) is 6.50. The van der Waals surface area contributed by atoms with Crippen LogP contribution in [-0.2, 0) is 6.42 Å². The van der Waals surface area contributed by atoms with Gasteiger partial charge in [-0.3, -0.25) is 4.57 Å². The lowest BCUT2D eigenvalue weighted by Crippen LogP contribution is -2.40. The summed E-state index contributed by atoms with van der Waals surface area (Å²) in [6, 6.07) is 2.28. The number of carbonyl (C=O) groups is 1. The standard InChI is InChI=1S/C12H13N3OS/c1-9-10-3-7-17-11(10)2-5-15(9)12(16)14-6-4-13-8-14/h3-4,6-9H,2,5H2,1H3. The number of rotatable bonds is 0. The van der Waals surface area contributed by atoms with Crippen LogP contribution in [0.5, 0.6) is 0 Å². The molecule has 4 nitrogen and oxygen atoms in total. The zero-order valence-electron chi connectivity index (χ0n) is 9.54. The molecule has 0 aromatic carbocycles. The maximum atomic E-state index is 12.3. The van der Waals surface area contributed by atoms with Crippen molar-refractivity contribution in [2.24, 2.45) is 0 Å². The van der Waals surface area contributed by atoms with E-state index in [9.17, 15) is 4.79 Å². The van der Waals surface area contributed by atoms with Gasteiger partial charge in [0.2, 0.25) is 0 Å². The van der Waals surface area contributed by atoms with Crippen LogP contribution in [-0.4, -0.2) is 27.0 Å². The first-order chi connectivity index (χ1) is 8.27. The Hall–Kier alpha value is -1.62. The number of aromatic nitrogens is 2. The van der Waals surface area contributed by atoms with E-state index >= 15 is 0 Å². The van der Waals surface area contributed by atoms with Gasteiger partial charge in [-0.05, 0) is 30.4 Å². The van der Waals surface area contributed by atoms with Crippen LogP contribution in [0, 0.1) is 0 Å². The summed E-state index contributed by atoms with van der Waals surface area (Å²) in [4.78, 5) is 19.5. The summed E-state index contributed by atoms with van der Waals surface area (Å²) in [5, 5.41) is 2.10. The highest BCUT2D eigenvalue weighted by molar-refractivity contribution is 7.10. The average molecular weight is 247 g/mol. The molecular formula is C12H13N3OS. The number of hydrogen-bond donors (Lipinski definition) is 0. The highest BCUT2D eigenvalue weighted by Gasteiger charge is 2.28. The first kappa shape index (κ1) is 10.5. The molecule has 0 spiro atoms. The van der Waals surface area contributed by atoms with Gasteiger partial charge in [0.05, 0.1) is 6.04 Å². The van der Waals surface area contributed by atoms with E-state index in [0.29, 0.717) is 0 Å². The lowest BCUT2D eigenvalue weighted by molar-refractivity contribution is 0.177. The Morgan fingerprint density at radius 1 is 1.59 bits per heavy atom. The molecule has 0 radical (unpaired) electrons. The summed E-state index contributed by atoms with van der Waals surface area (Å²) in [5.41, 5.74) is 1.29. The van der Waals surface area contributed by atoms with Gasteiger partial charge in [0, 0.05) is 23.8 Å². The Kier molecular flexibility index (Phi) is 2.48. The molecule has 0 saturated heterocycles. The number of carbonyl (C=O) groups excluding carboxylic acids is 1. The van der Waals surface area contributed by atoms with Crippen LogP contribution in [0.1, 0.15) is 23.4 Å². The lowest BCUT2D eigenvalue weighted by Gasteiger charge is -2.33. The number of fused-ring (bicyclic) bond motifs is 1. The zero-order valence-corrected chi connectivity index (χ0v) is 10.4. The smallest absolute Gasteiger partial charge is 0.317 e. The molecule has 0 saturated carbocycles. The van der Waals surface area contributed by atoms with Crippen molar-refractivity contribution in [2.75, 3.05) is 6.54 Å². The molecule has 0 fully saturated rings. The highest BCUT2D eigenvalue weighted by Crippen LogP contribution is 2.32. The van der Waals surface area contributed by atoms with Crippen LogP contribution in [0.3, 0.4) is 0 Å². The van der Waals surface area contributed by atoms with E-state index in [2.05, 4.69) is 23.4 Å². The third-order valence-corrected chi connectivity index (χ3v) is 4.24. The maximum absolute atomic E-state index is 12.3. The Bertz CT molecular complexity index is 532. The molecule has 17 heavy (non-hydrogen) atoms. The zero-order chi connectivity index (χ0) is 11.8. The third kappa shape index (κ3) is 1.67. The quantitative estimate of drug-likeness (QED) is 0.717. The second kappa shape index (κ2) is 4.00. The monoisotopic (exact) mass is 247 g/mol. The Balaban J connectivity index is 1.89. The third-order valence-electron chi connectivity index (χ3n) is 3.25. The molecule has 3 rings (SSSR count). The summed E-state index contributed by atoms with van der Waals surface area (Å²) in [6.45, 7) is 2.87. The second-order valence-electron chi connectivity index (χ2n) is 4.17. The summed E-state index contributed by atoms with van der Waals surface area (Å²) in [6.07, 6.45) is 5.83. The van der Waals surface area contributed by atoms with Crippen LogP contribution >= 0.6 is 11.3 Å². The Morgan fingerprint density at radius 3 is 3.24 bits per heavy atom. The van der Waals surface area contributed by atoms with Gasteiger partial charge in [-0.1, -0.05) is 0 Å². The van der Waals surface area contributed by atoms with Crippen molar-refractivity contribution in [2.45, 2.75) is 19.4 Å². The van der Waals surface area contributed by atoms with Gasteiger partial charge >= 0.3 is 6.03 Å². The number of thiophene rings is 1. The topological polar surface area (TPSA) is 38.1 Å². The van der Waals surface area contributed by atoms with Crippen molar-refractivity contribution in [3.63, 3.8) is 0 Å². The van der Waals surface area contributed by atoms with E-state index in [1.54, 1.807) is 30.1 Å². The lowest BCUT2D eigenvalue weighted by atomic mass is 10.0. The van der Waals surface area contributed by atoms with Crippen molar-refractivity contribution in [3.8, 4) is 0 Å². The van der Waals surface area contributed by atoms with E-state index in [1.807, 2.05) is 4.90 Å². The van der Waals surface area contributed by atoms with E-state index < -0.39 is 0 Å². The van der Waals surface area contributed by atoms with Gasteiger partial charge in [0.25, 0.3) is 0 Å². The van der Waals surface area contributed by atoms with Gasteiger partial charge < -0.3 is 4.90 Å². The minimum atomic E-state index is 0.00634. The average Bonchev–Trinajstić information content (AvgIpc) is 3.00. The molecule has 2 aromatic rings. The predicted molar refractivity (Wildman–Crippen MR) is 66.2 cm³/mol. The molecule has 1 aliphatic heterocycles. The normalized spacial score (nSPS) is 19.1. The van der Waals surface area contributed by atoms with Crippen molar-refractivity contribution < 1.29 is 4.79 Å². The highest BCUT2D eigenvalue weighted by atomic mass is 32.1. The fraction of sp³-hybridized carbons (Fsp3) is 0.333. The van der Waals surface area contributed by atoms with Crippen LogP contribution in [0.25, 0.3) is 0 Å². The van der Waals surface area contributed by atoms with Gasteiger partial charge in [-0.2, -0.15) is 0 Å². The van der Waals surface area contributed by atoms with E-state index in [4.69, 9.17) is 0 Å². The molecular weight excluding hydrogens is 234 g/mol. The fourth-order valence-corrected chi connectivity index (χ4v) is 3.25. The molecule has 0 bridgehead atoms. The number of amides is 1. The molecule has 1 amide bonds.